The highest BCUT2D eigenvalue weighted by Gasteiger charge is 2.34. The topological polar surface area (TPSA) is 84.7 Å². The van der Waals surface area contributed by atoms with E-state index in [2.05, 4.69) is 5.32 Å². The molecule has 28 heavy (non-hydrogen) atoms. The molecule has 1 aliphatic rings. The van der Waals surface area contributed by atoms with Crippen LogP contribution < -0.4 is 11.1 Å². The molecule has 9 heteroatoms. The molecule has 2 rings (SSSR count). The summed E-state index contributed by atoms with van der Waals surface area (Å²) < 4.78 is 114. The number of ether oxygens (including phenoxy) is 1. The Hall–Kier alpha value is -2.13. The van der Waals surface area contributed by atoms with E-state index in [1.165, 1.54) is 0 Å². The number of piperazine rings is 1. The molecule has 1 fully saturated rings. The number of benzene rings is 1. The summed E-state index contributed by atoms with van der Waals surface area (Å²) in [6.07, 6.45) is -0.901. The number of amides is 2. The van der Waals surface area contributed by atoms with Crippen LogP contribution in [-0.2, 0) is 20.7 Å². The van der Waals surface area contributed by atoms with Crippen LogP contribution in [0, 0.1) is 17.5 Å². The van der Waals surface area contributed by atoms with Crippen molar-refractivity contribution in [3.05, 3.63) is 35.1 Å². The number of nitrogens with zero attached hydrogens (tertiary/aromatic N) is 1. The number of nitrogens with one attached hydrogen (secondary N) is 1. The standard InChI is InChI=1S/C19H26F3N3O3/c1-19(2,3)28-10-16-18(27)24-4-5-25(16)17(26)8-12(23)6-11-7-14(21)15(22)9-13(11)20/h7,9,12,16H,4-6,8,10,23H2,1-3H3,(H,24,27)/t12-,16-/m1/s1/i1D3,2D3,3D3. The Morgan fingerprint density at radius 2 is 2.04 bits per heavy atom. The van der Waals surface area contributed by atoms with E-state index in [-0.39, 0.29) is 25.1 Å². The zero-order valence-electron chi connectivity index (χ0n) is 23.7. The van der Waals surface area contributed by atoms with E-state index in [0.29, 0.717) is 12.1 Å². The molecule has 6 nitrogen and oxygen atoms in total. The lowest BCUT2D eigenvalue weighted by Gasteiger charge is -2.36. The van der Waals surface area contributed by atoms with E-state index in [1.807, 2.05) is 0 Å². The maximum Gasteiger partial charge on any atom is 0.245 e. The first-order chi connectivity index (χ1) is 16.7. The summed E-state index contributed by atoms with van der Waals surface area (Å²) in [5, 5.41) is 2.39. The number of nitrogens with two attached hydrogens (primary N) is 1. The van der Waals surface area contributed by atoms with Gasteiger partial charge in [0.25, 0.3) is 0 Å². The third kappa shape index (κ3) is 5.93. The van der Waals surface area contributed by atoms with Gasteiger partial charge in [0.15, 0.2) is 11.6 Å². The normalized spacial score (nSPS) is 24.9. The molecule has 2 atom stereocenters. The molecule has 0 bridgehead atoms. The van der Waals surface area contributed by atoms with Crippen molar-refractivity contribution in [2.24, 2.45) is 5.73 Å². The summed E-state index contributed by atoms with van der Waals surface area (Å²) in [5.41, 5.74) is 1.92. The van der Waals surface area contributed by atoms with Gasteiger partial charge >= 0.3 is 0 Å². The van der Waals surface area contributed by atoms with Crippen molar-refractivity contribution in [1.29, 1.82) is 0 Å². The van der Waals surface area contributed by atoms with Gasteiger partial charge in [0.2, 0.25) is 11.8 Å². The van der Waals surface area contributed by atoms with Gasteiger partial charge in [-0.25, -0.2) is 13.2 Å². The molecule has 156 valence electrons. The summed E-state index contributed by atoms with van der Waals surface area (Å²) in [6, 6.07) is -1.81. The van der Waals surface area contributed by atoms with Gasteiger partial charge in [-0.1, -0.05) is 0 Å². The van der Waals surface area contributed by atoms with Crippen LogP contribution in [0.3, 0.4) is 0 Å². The second-order valence-corrected chi connectivity index (χ2v) is 6.41. The van der Waals surface area contributed by atoms with Gasteiger partial charge in [-0.05, 0) is 38.6 Å². The van der Waals surface area contributed by atoms with Crippen LogP contribution in [0.5, 0.6) is 0 Å². The number of halogens is 3. The van der Waals surface area contributed by atoms with Crippen LogP contribution in [-0.4, -0.2) is 54.1 Å². The average Bonchev–Trinajstić information content (AvgIpc) is 2.70. The number of hydrogen-bond donors (Lipinski definition) is 2. The first-order valence-corrected chi connectivity index (χ1v) is 8.33. The van der Waals surface area contributed by atoms with Gasteiger partial charge in [0.1, 0.15) is 11.9 Å². The average molecular weight is 410 g/mol. The smallest absolute Gasteiger partial charge is 0.245 e. The van der Waals surface area contributed by atoms with Crippen LogP contribution in [0.2, 0.25) is 0 Å². The number of carbonyl (C=O) groups excluding carboxylic acids is 2. The Morgan fingerprint density at radius 1 is 1.36 bits per heavy atom. The summed E-state index contributed by atoms with van der Waals surface area (Å²) in [4.78, 5) is 26.3. The van der Waals surface area contributed by atoms with Gasteiger partial charge in [0.05, 0.1) is 12.2 Å². The molecule has 0 unspecified atom stereocenters. The quantitative estimate of drug-likeness (QED) is 0.697. The van der Waals surface area contributed by atoms with Crippen molar-refractivity contribution in [3.8, 4) is 0 Å². The van der Waals surface area contributed by atoms with E-state index in [4.69, 9.17) is 22.8 Å². The van der Waals surface area contributed by atoms with Crippen LogP contribution in [0.4, 0.5) is 13.2 Å². The third-order valence-corrected chi connectivity index (χ3v) is 4.12. The highest BCUT2D eigenvalue weighted by atomic mass is 19.2. The predicted molar refractivity (Wildman–Crippen MR) is 96.8 cm³/mol. The molecular weight excluding hydrogens is 375 g/mol. The third-order valence-electron chi connectivity index (χ3n) is 4.12. The molecule has 1 aliphatic heterocycles. The molecule has 0 aliphatic carbocycles. The lowest BCUT2D eigenvalue weighted by atomic mass is 10.0. The van der Waals surface area contributed by atoms with E-state index >= 15 is 0 Å². The molecular formula is C19H26F3N3O3. The Bertz CT molecular complexity index is 983. The van der Waals surface area contributed by atoms with Gasteiger partial charge in [-0.3, -0.25) is 9.59 Å². The van der Waals surface area contributed by atoms with Crippen molar-refractivity contribution < 1.29 is 39.8 Å². The molecule has 3 N–H and O–H groups in total. The van der Waals surface area contributed by atoms with Gasteiger partial charge < -0.3 is 20.7 Å². The zero-order valence-corrected chi connectivity index (χ0v) is 14.7. The molecule has 1 heterocycles. The van der Waals surface area contributed by atoms with E-state index in [1.54, 1.807) is 0 Å². The van der Waals surface area contributed by atoms with Crippen LogP contribution in [0.25, 0.3) is 0 Å². The zero-order chi connectivity index (χ0) is 28.6. The Morgan fingerprint density at radius 3 is 2.71 bits per heavy atom. The van der Waals surface area contributed by atoms with E-state index in [0.717, 1.165) is 4.90 Å². The lowest BCUT2D eigenvalue weighted by molar-refractivity contribution is -0.148. The highest BCUT2D eigenvalue weighted by Crippen LogP contribution is 2.17. The maximum absolute atomic E-state index is 13.9. The summed E-state index contributed by atoms with van der Waals surface area (Å²) in [5.74, 6) is -5.48. The SMILES string of the molecule is [2H]C([2H])([2H])C(OC[C@@H]1C(=O)NCCN1C(=O)C[C@H](N)Cc1cc(F)c(F)cc1F)(C([2H])([2H])[2H])C([2H])([2H])[2H]. The minimum atomic E-state index is -3.68. The number of rotatable bonds is 6. The summed E-state index contributed by atoms with van der Waals surface area (Å²) in [7, 11) is 0. The first-order valence-electron chi connectivity index (χ1n) is 12.8. The fourth-order valence-corrected chi connectivity index (χ4v) is 2.80. The molecule has 0 radical (unpaired) electrons. The molecule has 1 aromatic rings. The Labute approximate surface area is 174 Å². The lowest BCUT2D eigenvalue weighted by Crippen LogP contribution is -2.60. The van der Waals surface area contributed by atoms with Crippen molar-refractivity contribution in [1.82, 2.24) is 10.2 Å². The number of hydrogen-bond acceptors (Lipinski definition) is 4. The fraction of sp³-hybridized carbons (Fsp3) is 0.579. The highest BCUT2D eigenvalue weighted by molar-refractivity contribution is 5.89. The maximum atomic E-state index is 13.9. The van der Waals surface area contributed by atoms with Gasteiger partial charge in [-0.2, -0.15) is 0 Å². The molecule has 1 saturated heterocycles. The summed E-state index contributed by atoms with van der Waals surface area (Å²) >= 11 is 0. The Kier molecular flexibility index (Phi) is 3.96. The van der Waals surface area contributed by atoms with Crippen LogP contribution in [0.15, 0.2) is 12.1 Å². The van der Waals surface area contributed by atoms with Crippen molar-refractivity contribution in [2.75, 3.05) is 19.7 Å². The van der Waals surface area contributed by atoms with E-state index in [9.17, 15) is 22.8 Å². The number of carbonyl (C=O) groups is 2. The molecule has 0 saturated carbocycles. The summed E-state index contributed by atoms with van der Waals surface area (Å²) in [6.45, 7) is -12.3. The second kappa shape index (κ2) is 8.91. The minimum absolute atomic E-state index is 0.0446. The molecule has 1 aromatic carbocycles. The van der Waals surface area contributed by atoms with Crippen molar-refractivity contribution >= 4 is 11.8 Å². The first kappa shape index (κ1) is 12.4. The second-order valence-electron chi connectivity index (χ2n) is 6.41. The van der Waals surface area contributed by atoms with Crippen LogP contribution >= 0.6 is 0 Å². The largest absolute Gasteiger partial charge is 0.373 e. The van der Waals surface area contributed by atoms with Crippen molar-refractivity contribution in [2.45, 2.75) is 51.1 Å². The molecule has 2 amide bonds. The minimum Gasteiger partial charge on any atom is -0.373 e. The van der Waals surface area contributed by atoms with Crippen LogP contribution in [0.1, 0.15) is 44.9 Å². The Balaban J connectivity index is 2.25. The van der Waals surface area contributed by atoms with Crippen molar-refractivity contribution in [3.63, 3.8) is 0 Å². The van der Waals surface area contributed by atoms with E-state index < -0.39 is 80.5 Å². The monoisotopic (exact) mass is 410 g/mol. The molecule has 0 spiro atoms. The fourth-order valence-electron chi connectivity index (χ4n) is 2.80. The molecule has 0 aromatic heterocycles. The van der Waals surface area contributed by atoms with Gasteiger partial charge in [0, 0.05) is 44.0 Å². The van der Waals surface area contributed by atoms with Gasteiger partial charge in [-0.15, -0.1) is 0 Å². The predicted octanol–water partition coefficient (Wildman–Crippen LogP) is 1.51.